The van der Waals surface area contributed by atoms with Crippen LogP contribution in [0.3, 0.4) is 0 Å². The highest BCUT2D eigenvalue weighted by atomic mass is 32.2. The number of aromatic nitrogens is 3. The SMILES string of the molecule is COc1ccc(-c2nc3ncccn3c2-c2ccc(SC)cc2)cc1C(C)(C)C. The average molecular weight is 404 g/mol. The molecule has 29 heavy (non-hydrogen) atoms. The monoisotopic (exact) mass is 403 g/mol. The van der Waals surface area contributed by atoms with Crippen LogP contribution in [0, 0.1) is 0 Å². The molecule has 0 atom stereocenters. The van der Waals surface area contributed by atoms with Gasteiger partial charge < -0.3 is 4.74 Å². The number of thioether (sulfide) groups is 1. The number of rotatable bonds is 4. The third kappa shape index (κ3) is 3.62. The summed E-state index contributed by atoms with van der Waals surface area (Å²) in [5.41, 5.74) is 5.26. The van der Waals surface area contributed by atoms with Crippen molar-refractivity contribution in [3.05, 3.63) is 66.5 Å². The lowest BCUT2D eigenvalue weighted by molar-refractivity contribution is 0.397. The van der Waals surface area contributed by atoms with Crippen molar-refractivity contribution in [3.63, 3.8) is 0 Å². The maximum Gasteiger partial charge on any atom is 0.234 e. The molecule has 0 fully saturated rings. The lowest BCUT2D eigenvalue weighted by Gasteiger charge is -2.23. The summed E-state index contributed by atoms with van der Waals surface area (Å²) in [6.45, 7) is 6.59. The summed E-state index contributed by atoms with van der Waals surface area (Å²) in [4.78, 5) is 10.6. The first-order valence-electron chi connectivity index (χ1n) is 9.59. The van der Waals surface area contributed by atoms with Crippen molar-refractivity contribution in [3.8, 4) is 28.3 Å². The van der Waals surface area contributed by atoms with E-state index in [1.54, 1.807) is 25.1 Å². The van der Waals surface area contributed by atoms with Gasteiger partial charge in [0.1, 0.15) is 5.75 Å². The molecule has 2 aromatic heterocycles. The summed E-state index contributed by atoms with van der Waals surface area (Å²) in [6.07, 6.45) is 5.89. The predicted molar refractivity (Wildman–Crippen MR) is 121 cm³/mol. The lowest BCUT2D eigenvalue weighted by atomic mass is 9.85. The van der Waals surface area contributed by atoms with E-state index in [1.807, 2.05) is 18.3 Å². The van der Waals surface area contributed by atoms with Gasteiger partial charge in [-0.3, -0.25) is 4.40 Å². The molecule has 0 spiro atoms. The van der Waals surface area contributed by atoms with Crippen LogP contribution in [-0.4, -0.2) is 27.7 Å². The Morgan fingerprint density at radius 3 is 2.38 bits per heavy atom. The molecule has 5 heteroatoms. The minimum absolute atomic E-state index is 0.0427. The van der Waals surface area contributed by atoms with Gasteiger partial charge in [0.15, 0.2) is 0 Å². The Balaban J connectivity index is 1.97. The average Bonchev–Trinajstić information content (AvgIpc) is 3.12. The molecule has 0 aliphatic carbocycles. The Morgan fingerprint density at radius 2 is 1.72 bits per heavy atom. The van der Waals surface area contributed by atoms with Gasteiger partial charge in [0.2, 0.25) is 5.78 Å². The van der Waals surface area contributed by atoms with E-state index in [2.05, 4.69) is 72.8 Å². The van der Waals surface area contributed by atoms with E-state index in [0.717, 1.165) is 33.8 Å². The van der Waals surface area contributed by atoms with E-state index in [-0.39, 0.29) is 5.41 Å². The molecule has 0 N–H and O–H groups in total. The Bertz CT molecular complexity index is 1160. The molecule has 2 heterocycles. The van der Waals surface area contributed by atoms with E-state index in [4.69, 9.17) is 9.72 Å². The van der Waals surface area contributed by atoms with E-state index in [9.17, 15) is 0 Å². The van der Waals surface area contributed by atoms with Crippen LogP contribution >= 0.6 is 11.8 Å². The van der Waals surface area contributed by atoms with Crippen LogP contribution in [-0.2, 0) is 5.41 Å². The minimum atomic E-state index is -0.0427. The second-order valence-corrected chi connectivity index (χ2v) is 8.87. The van der Waals surface area contributed by atoms with E-state index in [0.29, 0.717) is 5.78 Å². The van der Waals surface area contributed by atoms with Crippen LogP contribution in [0.25, 0.3) is 28.3 Å². The molecular formula is C24H25N3OS. The van der Waals surface area contributed by atoms with E-state index >= 15 is 0 Å². The Morgan fingerprint density at radius 1 is 1.00 bits per heavy atom. The zero-order valence-electron chi connectivity index (χ0n) is 17.4. The zero-order valence-corrected chi connectivity index (χ0v) is 18.2. The van der Waals surface area contributed by atoms with Gasteiger partial charge in [0, 0.05) is 34.0 Å². The van der Waals surface area contributed by atoms with Crippen LogP contribution in [0.15, 0.2) is 65.8 Å². The zero-order chi connectivity index (χ0) is 20.6. The first-order chi connectivity index (χ1) is 13.9. The molecule has 0 bridgehead atoms. The summed E-state index contributed by atoms with van der Waals surface area (Å²) in [6, 6.07) is 16.8. The van der Waals surface area contributed by atoms with E-state index in [1.165, 1.54) is 4.90 Å². The summed E-state index contributed by atoms with van der Waals surface area (Å²) < 4.78 is 7.68. The van der Waals surface area contributed by atoms with Gasteiger partial charge in [-0.2, -0.15) is 0 Å². The van der Waals surface area contributed by atoms with Gasteiger partial charge in [-0.15, -0.1) is 11.8 Å². The molecule has 148 valence electrons. The summed E-state index contributed by atoms with van der Waals surface area (Å²) >= 11 is 1.74. The highest BCUT2D eigenvalue weighted by molar-refractivity contribution is 7.98. The maximum atomic E-state index is 5.62. The Kier molecular flexibility index (Phi) is 5.09. The molecule has 4 aromatic rings. The smallest absolute Gasteiger partial charge is 0.234 e. The summed E-state index contributed by atoms with van der Waals surface area (Å²) in [5, 5.41) is 0. The molecular weight excluding hydrogens is 378 g/mol. The predicted octanol–water partition coefficient (Wildman–Crippen LogP) is 6.09. The van der Waals surface area contributed by atoms with Gasteiger partial charge in [-0.05, 0) is 48.1 Å². The minimum Gasteiger partial charge on any atom is -0.496 e. The van der Waals surface area contributed by atoms with Crippen LogP contribution in [0.5, 0.6) is 5.75 Å². The Hall–Kier alpha value is -2.79. The third-order valence-corrected chi connectivity index (χ3v) is 5.79. The van der Waals surface area contributed by atoms with Crippen molar-refractivity contribution < 1.29 is 4.74 Å². The highest BCUT2D eigenvalue weighted by Gasteiger charge is 2.22. The fourth-order valence-electron chi connectivity index (χ4n) is 3.55. The van der Waals surface area contributed by atoms with Crippen molar-refractivity contribution in [1.29, 1.82) is 0 Å². The largest absolute Gasteiger partial charge is 0.496 e. The van der Waals surface area contributed by atoms with Crippen LogP contribution < -0.4 is 4.74 Å². The molecule has 0 unspecified atom stereocenters. The molecule has 0 radical (unpaired) electrons. The van der Waals surface area contributed by atoms with Crippen LogP contribution in [0.1, 0.15) is 26.3 Å². The van der Waals surface area contributed by atoms with Gasteiger partial charge in [-0.25, -0.2) is 9.97 Å². The quantitative estimate of drug-likeness (QED) is 0.387. The standard InChI is InChI=1S/C24H25N3OS/c1-24(2,3)19-15-17(9-12-20(19)28-4)21-22(16-7-10-18(29-5)11-8-16)27-14-6-13-25-23(27)26-21/h6-15H,1-5H3. The fraction of sp³-hybridized carbons (Fsp3) is 0.250. The number of ether oxygens (including phenoxy) is 1. The fourth-order valence-corrected chi connectivity index (χ4v) is 3.96. The van der Waals surface area contributed by atoms with Crippen molar-refractivity contribution in [2.75, 3.05) is 13.4 Å². The molecule has 0 aliphatic heterocycles. The number of benzene rings is 2. The lowest BCUT2D eigenvalue weighted by Crippen LogP contribution is -2.13. The van der Waals surface area contributed by atoms with Gasteiger partial charge in [-0.1, -0.05) is 32.9 Å². The molecule has 2 aromatic carbocycles. The topological polar surface area (TPSA) is 39.4 Å². The van der Waals surface area contributed by atoms with Gasteiger partial charge in [0.25, 0.3) is 0 Å². The van der Waals surface area contributed by atoms with Crippen molar-refractivity contribution in [2.45, 2.75) is 31.1 Å². The van der Waals surface area contributed by atoms with Crippen molar-refractivity contribution >= 4 is 17.5 Å². The van der Waals surface area contributed by atoms with Crippen LogP contribution in [0.2, 0.25) is 0 Å². The van der Waals surface area contributed by atoms with E-state index < -0.39 is 0 Å². The number of hydrogen-bond donors (Lipinski definition) is 0. The molecule has 0 saturated carbocycles. The van der Waals surface area contributed by atoms with Gasteiger partial charge >= 0.3 is 0 Å². The first-order valence-corrected chi connectivity index (χ1v) is 10.8. The normalized spacial score (nSPS) is 11.8. The Labute approximate surface area is 176 Å². The van der Waals surface area contributed by atoms with Crippen molar-refractivity contribution in [2.24, 2.45) is 0 Å². The number of hydrogen-bond acceptors (Lipinski definition) is 4. The molecule has 4 rings (SSSR count). The molecule has 0 aliphatic rings. The number of fused-ring (bicyclic) bond motifs is 1. The first kappa shape index (κ1) is 19.5. The molecule has 4 nitrogen and oxygen atoms in total. The summed E-state index contributed by atoms with van der Waals surface area (Å²) in [5.74, 6) is 1.59. The number of nitrogens with zero attached hydrogens (tertiary/aromatic N) is 3. The maximum absolute atomic E-state index is 5.62. The second-order valence-electron chi connectivity index (χ2n) is 7.99. The third-order valence-electron chi connectivity index (χ3n) is 5.05. The number of imidazole rings is 1. The number of methoxy groups -OCH3 is 1. The molecule has 0 amide bonds. The second kappa shape index (κ2) is 7.56. The van der Waals surface area contributed by atoms with Crippen molar-refractivity contribution in [1.82, 2.24) is 14.4 Å². The van der Waals surface area contributed by atoms with Gasteiger partial charge in [0.05, 0.1) is 18.5 Å². The van der Waals surface area contributed by atoms with Crippen LogP contribution in [0.4, 0.5) is 0 Å². The summed E-state index contributed by atoms with van der Waals surface area (Å²) in [7, 11) is 1.72. The molecule has 0 saturated heterocycles. The highest BCUT2D eigenvalue weighted by Crippen LogP contribution is 2.38.